The Labute approximate surface area is 115 Å². The summed E-state index contributed by atoms with van der Waals surface area (Å²) in [4.78, 5) is 17.7. The number of anilines is 2. The molecule has 0 saturated carbocycles. The highest BCUT2D eigenvalue weighted by Gasteiger charge is 2.26. The van der Waals surface area contributed by atoms with Crippen molar-refractivity contribution < 1.29 is 4.79 Å². The standard InChI is InChI=1S/C14H15N3OS/c1-8-9(2)19-14(15-8)17-13(18)12-7-10-5-3-4-6-11(10)16-12/h3-6,12,16H,7H2,1-2H3,(H,15,17,18)/t12-/m0/s1. The van der Waals surface area contributed by atoms with Crippen molar-refractivity contribution >= 4 is 28.1 Å². The number of thiazole rings is 1. The lowest BCUT2D eigenvalue weighted by Crippen LogP contribution is -2.32. The molecule has 1 aliphatic heterocycles. The first kappa shape index (κ1) is 12.2. The molecule has 19 heavy (non-hydrogen) atoms. The molecular formula is C14H15N3OS. The van der Waals surface area contributed by atoms with E-state index >= 15 is 0 Å². The third-order valence-corrected chi connectivity index (χ3v) is 4.33. The number of aromatic nitrogens is 1. The van der Waals surface area contributed by atoms with E-state index in [4.69, 9.17) is 0 Å². The molecular weight excluding hydrogens is 258 g/mol. The maximum atomic E-state index is 12.2. The van der Waals surface area contributed by atoms with Gasteiger partial charge in [-0.3, -0.25) is 4.79 Å². The second-order valence-electron chi connectivity index (χ2n) is 4.71. The van der Waals surface area contributed by atoms with Crippen molar-refractivity contribution in [1.29, 1.82) is 0 Å². The quantitative estimate of drug-likeness (QED) is 0.884. The number of hydrogen-bond donors (Lipinski definition) is 2. The van der Waals surface area contributed by atoms with E-state index in [9.17, 15) is 4.79 Å². The Kier molecular flexibility index (Phi) is 2.98. The van der Waals surface area contributed by atoms with Gasteiger partial charge in [0.1, 0.15) is 6.04 Å². The molecule has 1 amide bonds. The fraction of sp³-hybridized carbons (Fsp3) is 0.286. The first-order valence-corrected chi connectivity index (χ1v) is 7.04. The first-order valence-electron chi connectivity index (χ1n) is 6.23. The number of nitrogens with zero attached hydrogens (tertiary/aromatic N) is 1. The minimum absolute atomic E-state index is 0.0232. The highest BCUT2D eigenvalue weighted by molar-refractivity contribution is 7.15. The molecule has 1 aromatic carbocycles. The summed E-state index contributed by atoms with van der Waals surface area (Å²) < 4.78 is 0. The lowest BCUT2D eigenvalue weighted by atomic mass is 10.1. The number of nitrogens with one attached hydrogen (secondary N) is 2. The van der Waals surface area contributed by atoms with Crippen LogP contribution >= 0.6 is 11.3 Å². The van der Waals surface area contributed by atoms with Crippen LogP contribution in [-0.2, 0) is 11.2 Å². The van der Waals surface area contributed by atoms with E-state index in [1.54, 1.807) is 0 Å². The Balaban J connectivity index is 1.70. The molecule has 5 heteroatoms. The summed E-state index contributed by atoms with van der Waals surface area (Å²) >= 11 is 1.51. The van der Waals surface area contributed by atoms with Gasteiger partial charge in [-0.15, -0.1) is 11.3 Å². The van der Waals surface area contributed by atoms with Crippen LogP contribution in [0.25, 0.3) is 0 Å². The zero-order valence-corrected chi connectivity index (χ0v) is 11.7. The Morgan fingerprint density at radius 3 is 2.89 bits per heavy atom. The number of para-hydroxylation sites is 1. The largest absolute Gasteiger partial charge is 0.373 e. The fourth-order valence-corrected chi connectivity index (χ4v) is 2.99. The maximum absolute atomic E-state index is 12.2. The lowest BCUT2D eigenvalue weighted by Gasteiger charge is -2.09. The predicted molar refractivity (Wildman–Crippen MR) is 77.8 cm³/mol. The third kappa shape index (κ3) is 2.33. The molecule has 0 bridgehead atoms. The second-order valence-corrected chi connectivity index (χ2v) is 5.91. The van der Waals surface area contributed by atoms with Crippen LogP contribution in [0.3, 0.4) is 0 Å². The van der Waals surface area contributed by atoms with E-state index in [-0.39, 0.29) is 11.9 Å². The molecule has 0 radical (unpaired) electrons. The van der Waals surface area contributed by atoms with E-state index < -0.39 is 0 Å². The van der Waals surface area contributed by atoms with Crippen molar-refractivity contribution in [3.05, 3.63) is 40.4 Å². The molecule has 2 aromatic rings. The number of benzene rings is 1. The van der Waals surface area contributed by atoms with Gasteiger partial charge in [0.05, 0.1) is 5.69 Å². The molecule has 0 aliphatic carbocycles. The Morgan fingerprint density at radius 2 is 2.21 bits per heavy atom. The molecule has 4 nitrogen and oxygen atoms in total. The highest BCUT2D eigenvalue weighted by Crippen LogP contribution is 2.27. The number of carbonyl (C=O) groups is 1. The normalized spacial score (nSPS) is 16.8. The summed E-state index contributed by atoms with van der Waals surface area (Å²) in [7, 11) is 0. The summed E-state index contributed by atoms with van der Waals surface area (Å²) in [5.74, 6) is -0.0232. The van der Waals surface area contributed by atoms with Gasteiger partial charge in [-0.1, -0.05) is 18.2 Å². The molecule has 0 spiro atoms. The number of carbonyl (C=O) groups excluding carboxylic acids is 1. The molecule has 98 valence electrons. The van der Waals surface area contributed by atoms with E-state index in [1.165, 1.54) is 16.9 Å². The first-order chi connectivity index (χ1) is 9.13. The van der Waals surface area contributed by atoms with Crippen molar-refractivity contribution in [3.8, 4) is 0 Å². The minimum Gasteiger partial charge on any atom is -0.373 e. The predicted octanol–water partition coefficient (Wildman–Crippen LogP) is 2.74. The van der Waals surface area contributed by atoms with Gasteiger partial charge >= 0.3 is 0 Å². The number of fused-ring (bicyclic) bond motifs is 1. The van der Waals surface area contributed by atoms with Crippen LogP contribution in [0.2, 0.25) is 0 Å². The average molecular weight is 273 g/mol. The molecule has 2 heterocycles. The zero-order valence-electron chi connectivity index (χ0n) is 10.9. The third-order valence-electron chi connectivity index (χ3n) is 3.35. The number of amides is 1. The van der Waals surface area contributed by atoms with E-state index in [0.29, 0.717) is 5.13 Å². The summed E-state index contributed by atoms with van der Waals surface area (Å²) in [6.45, 7) is 3.96. The van der Waals surface area contributed by atoms with Crippen LogP contribution in [0.15, 0.2) is 24.3 Å². The van der Waals surface area contributed by atoms with Crippen molar-refractivity contribution in [3.63, 3.8) is 0 Å². The van der Waals surface area contributed by atoms with Gasteiger partial charge in [-0.2, -0.15) is 0 Å². The SMILES string of the molecule is Cc1nc(NC(=O)[C@@H]2Cc3ccccc3N2)sc1C. The van der Waals surface area contributed by atoms with Crippen LogP contribution in [0.1, 0.15) is 16.1 Å². The van der Waals surface area contributed by atoms with Crippen LogP contribution < -0.4 is 10.6 Å². The van der Waals surface area contributed by atoms with Gasteiger partial charge < -0.3 is 10.6 Å². The molecule has 2 N–H and O–H groups in total. The van der Waals surface area contributed by atoms with Crippen LogP contribution in [0.5, 0.6) is 0 Å². The molecule has 0 saturated heterocycles. The highest BCUT2D eigenvalue weighted by atomic mass is 32.1. The summed E-state index contributed by atoms with van der Waals surface area (Å²) in [6, 6.07) is 7.81. The van der Waals surface area contributed by atoms with Crippen molar-refractivity contribution in [1.82, 2.24) is 4.98 Å². The zero-order chi connectivity index (χ0) is 13.4. The maximum Gasteiger partial charge on any atom is 0.248 e. The van der Waals surface area contributed by atoms with Crippen LogP contribution in [0.4, 0.5) is 10.8 Å². The Bertz CT molecular complexity index is 591. The molecule has 1 aliphatic rings. The summed E-state index contributed by atoms with van der Waals surface area (Å²) in [5.41, 5.74) is 3.21. The van der Waals surface area contributed by atoms with Gasteiger partial charge in [0, 0.05) is 17.0 Å². The molecule has 1 atom stereocenters. The van der Waals surface area contributed by atoms with Gasteiger partial charge in [0.25, 0.3) is 0 Å². The smallest absolute Gasteiger partial charge is 0.248 e. The number of hydrogen-bond acceptors (Lipinski definition) is 4. The van der Waals surface area contributed by atoms with Crippen molar-refractivity contribution in [2.24, 2.45) is 0 Å². The molecule has 0 fully saturated rings. The number of rotatable bonds is 2. The second kappa shape index (κ2) is 4.66. The Morgan fingerprint density at radius 1 is 1.42 bits per heavy atom. The van der Waals surface area contributed by atoms with Crippen LogP contribution in [-0.4, -0.2) is 16.9 Å². The van der Waals surface area contributed by atoms with Gasteiger partial charge in [-0.25, -0.2) is 4.98 Å². The monoisotopic (exact) mass is 273 g/mol. The molecule has 1 aromatic heterocycles. The Hall–Kier alpha value is -1.88. The lowest BCUT2D eigenvalue weighted by molar-refractivity contribution is -0.116. The van der Waals surface area contributed by atoms with E-state index in [2.05, 4.69) is 15.6 Å². The van der Waals surface area contributed by atoms with Crippen LogP contribution in [0, 0.1) is 13.8 Å². The molecule has 3 rings (SSSR count). The summed E-state index contributed by atoms with van der Waals surface area (Å²) in [5, 5.41) is 6.81. The average Bonchev–Trinajstić information content (AvgIpc) is 2.93. The van der Waals surface area contributed by atoms with Crippen molar-refractivity contribution in [2.75, 3.05) is 10.6 Å². The summed E-state index contributed by atoms with van der Waals surface area (Å²) in [6.07, 6.45) is 0.728. The van der Waals surface area contributed by atoms with Gasteiger partial charge in [0.15, 0.2) is 5.13 Å². The topological polar surface area (TPSA) is 54.0 Å². The number of aryl methyl sites for hydroxylation is 2. The minimum atomic E-state index is -0.207. The van der Waals surface area contributed by atoms with E-state index in [1.807, 2.05) is 38.1 Å². The van der Waals surface area contributed by atoms with Gasteiger partial charge in [-0.05, 0) is 25.5 Å². The fourth-order valence-electron chi connectivity index (χ4n) is 2.17. The van der Waals surface area contributed by atoms with Gasteiger partial charge in [0.2, 0.25) is 5.91 Å². The van der Waals surface area contributed by atoms with E-state index in [0.717, 1.165) is 22.7 Å². The van der Waals surface area contributed by atoms with Crippen molar-refractivity contribution in [2.45, 2.75) is 26.3 Å². The molecule has 0 unspecified atom stereocenters.